The van der Waals surface area contributed by atoms with Crippen LogP contribution < -0.4 is 0 Å². The summed E-state index contributed by atoms with van der Waals surface area (Å²) in [4.78, 5) is 19.2. The fraction of sp³-hybridized carbons (Fsp3) is 0.667. The minimum absolute atomic E-state index is 0.191. The van der Waals surface area contributed by atoms with Gasteiger partial charge in [0, 0.05) is 19.3 Å². The highest BCUT2D eigenvalue weighted by atomic mass is 31.1. The maximum Gasteiger partial charge on any atom is 0.317 e. The van der Waals surface area contributed by atoms with E-state index in [0.29, 0.717) is 6.42 Å². The van der Waals surface area contributed by atoms with E-state index in [1.807, 2.05) is 6.92 Å². The first-order chi connectivity index (χ1) is 6.66. The molecular formula is C9H15O4P. The van der Waals surface area contributed by atoms with Crippen LogP contribution in [-0.4, -0.2) is 17.3 Å². The fourth-order valence-electron chi connectivity index (χ4n) is 0.718. The van der Waals surface area contributed by atoms with Crippen LogP contribution in [0, 0.1) is 11.8 Å². The average molecular weight is 218 g/mol. The summed E-state index contributed by atoms with van der Waals surface area (Å²) in [6.07, 6.45) is 2.63. The van der Waals surface area contributed by atoms with E-state index < -0.39 is 8.25 Å². The zero-order valence-corrected chi connectivity index (χ0v) is 9.21. The van der Waals surface area contributed by atoms with Gasteiger partial charge in [-0.3, -0.25) is 9.36 Å². The number of rotatable bonds is 6. The van der Waals surface area contributed by atoms with Gasteiger partial charge < -0.3 is 9.42 Å². The molecule has 0 spiro atoms. The van der Waals surface area contributed by atoms with Gasteiger partial charge in [-0.2, -0.15) is 0 Å². The van der Waals surface area contributed by atoms with Crippen molar-refractivity contribution >= 4 is 14.0 Å². The second-order valence-corrected chi connectivity index (χ2v) is 3.52. The molecule has 80 valence electrons. The van der Waals surface area contributed by atoms with Gasteiger partial charge >= 0.3 is 8.25 Å². The predicted octanol–water partition coefficient (Wildman–Crippen LogP) is 1.54. The van der Waals surface area contributed by atoms with Gasteiger partial charge in [0.1, 0.15) is 6.61 Å². The van der Waals surface area contributed by atoms with Crippen LogP contribution in [0.1, 0.15) is 32.6 Å². The largest absolute Gasteiger partial charge is 0.326 e. The average Bonchev–Trinajstić information content (AvgIpc) is 2.14. The van der Waals surface area contributed by atoms with E-state index in [0.717, 1.165) is 12.8 Å². The number of carbonyl (C=O) groups is 1. The van der Waals surface area contributed by atoms with Gasteiger partial charge in [0.25, 0.3) is 0 Å². The smallest absolute Gasteiger partial charge is 0.317 e. The molecule has 0 bridgehead atoms. The summed E-state index contributed by atoms with van der Waals surface area (Å²) >= 11 is 0. The highest BCUT2D eigenvalue weighted by molar-refractivity contribution is 7.32. The topological polar surface area (TPSA) is 63.6 Å². The zero-order chi connectivity index (χ0) is 10.8. The van der Waals surface area contributed by atoms with Gasteiger partial charge in [-0.15, -0.1) is 11.8 Å². The van der Waals surface area contributed by atoms with E-state index in [2.05, 4.69) is 16.4 Å². The third kappa shape index (κ3) is 9.47. The molecule has 14 heavy (non-hydrogen) atoms. The highest BCUT2D eigenvalue weighted by Crippen LogP contribution is 2.13. The van der Waals surface area contributed by atoms with E-state index in [4.69, 9.17) is 4.89 Å². The van der Waals surface area contributed by atoms with Crippen LogP contribution in [0.3, 0.4) is 0 Å². The van der Waals surface area contributed by atoms with Crippen LogP contribution in [0.15, 0.2) is 0 Å². The molecular weight excluding hydrogens is 203 g/mol. The first-order valence-corrected chi connectivity index (χ1v) is 5.76. The van der Waals surface area contributed by atoms with Crippen LogP contribution in [0.2, 0.25) is 0 Å². The maximum absolute atomic E-state index is 11.0. The minimum atomic E-state index is -2.98. The van der Waals surface area contributed by atoms with Crippen molar-refractivity contribution in [3.63, 3.8) is 0 Å². The van der Waals surface area contributed by atoms with Crippen molar-refractivity contribution in [2.75, 3.05) is 6.61 Å². The second kappa shape index (κ2) is 8.96. The van der Waals surface area contributed by atoms with Crippen molar-refractivity contribution in [3.8, 4) is 11.8 Å². The molecule has 0 aliphatic rings. The number of carbonyl (C=O) groups excluding carboxylic acids is 1. The number of ketones is 1. The molecule has 0 saturated carbocycles. The molecule has 0 aliphatic carbocycles. The molecule has 0 amide bonds. The van der Waals surface area contributed by atoms with Crippen molar-refractivity contribution in [3.05, 3.63) is 0 Å². The lowest BCUT2D eigenvalue weighted by molar-refractivity contribution is -0.121. The van der Waals surface area contributed by atoms with Gasteiger partial charge in [0.15, 0.2) is 5.78 Å². The van der Waals surface area contributed by atoms with Crippen LogP contribution in [0.25, 0.3) is 0 Å². The Labute approximate surface area is 84.6 Å². The Morgan fingerprint density at radius 3 is 2.64 bits per heavy atom. The Morgan fingerprint density at radius 1 is 1.43 bits per heavy atom. The maximum atomic E-state index is 11.0. The van der Waals surface area contributed by atoms with Crippen molar-refractivity contribution in [2.24, 2.45) is 0 Å². The van der Waals surface area contributed by atoms with Gasteiger partial charge in [0.2, 0.25) is 0 Å². The van der Waals surface area contributed by atoms with Gasteiger partial charge in [0.05, 0.1) is 0 Å². The molecule has 0 aromatic rings. The highest BCUT2D eigenvalue weighted by Gasteiger charge is 2.01. The summed E-state index contributed by atoms with van der Waals surface area (Å²) in [5.74, 6) is 5.56. The molecule has 1 N–H and O–H groups in total. The molecule has 5 heteroatoms. The first-order valence-electron chi connectivity index (χ1n) is 4.50. The molecule has 0 radical (unpaired) electrons. The Kier molecular flexibility index (Phi) is 8.56. The van der Waals surface area contributed by atoms with Crippen LogP contribution in [-0.2, 0) is 13.9 Å². The Hall–Kier alpha value is -0.620. The predicted molar refractivity (Wildman–Crippen MR) is 54.1 cm³/mol. The lowest BCUT2D eigenvalue weighted by atomic mass is 10.2. The lowest BCUT2D eigenvalue weighted by Gasteiger charge is -1.96. The molecule has 0 aromatic carbocycles. The Morgan fingerprint density at radius 2 is 2.07 bits per heavy atom. The van der Waals surface area contributed by atoms with E-state index in [1.54, 1.807) is 0 Å². The third-order valence-corrected chi connectivity index (χ3v) is 1.78. The van der Waals surface area contributed by atoms with E-state index in [9.17, 15) is 9.36 Å². The SMILES string of the molecule is CCCC#CCCC(=O)CO[PH](=O)O. The molecule has 4 nitrogen and oxygen atoms in total. The number of unbranched alkanes of at least 4 members (excludes halogenated alkanes) is 1. The van der Waals surface area contributed by atoms with Gasteiger partial charge in [-0.1, -0.05) is 6.92 Å². The molecule has 1 unspecified atom stereocenters. The molecule has 1 atom stereocenters. The monoisotopic (exact) mass is 218 g/mol. The first kappa shape index (κ1) is 13.4. The normalized spacial score (nSPS) is 11.6. The summed E-state index contributed by atoms with van der Waals surface area (Å²) in [6.45, 7) is 1.75. The number of Topliss-reactive ketones (excluding diaryl/α,β-unsaturated/α-hetero) is 1. The van der Waals surface area contributed by atoms with Crippen LogP contribution in [0.5, 0.6) is 0 Å². The van der Waals surface area contributed by atoms with Crippen molar-refractivity contribution in [2.45, 2.75) is 32.6 Å². The molecule has 0 heterocycles. The summed E-state index contributed by atoms with van der Waals surface area (Å²) < 4.78 is 14.4. The zero-order valence-electron chi connectivity index (χ0n) is 8.21. The third-order valence-electron chi connectivity index (χ3n) is 1.39. The Bertz CT molecular complexity index is 251. The van der Waals surface area contributed by atoms with E-state index in [1.165, 1.54) is 0 Å². The molecule has 0 fully saturated rings. The van der Waals surface area contributed by atoms with E-state index >= 15 is 0 Å². The molecule has 0 saturated heterocycles. The fourth-order valence-corrected chi connectivity index (χ4v) is 1.00. The summed E-state index contributed by atoms with van der Waals surface area (Å²) in [5.41, 5.74) is 0. The van der Waals surface area contributed by atoms with Crippen LogP contribution in [0.4, 0.5) is 0 Å². The lowest BCUT2D eigenvalue weighted by Crippen LogP contribution is -2.04. The van der Waals surface area contributed by atoms with E-state index in [-0.39, 0.29) is 18.8 Å². The summed E-state index contributed by atoms with van der Waals surface area (Å²) in [7, 11) is -2.98. The van der Waals surface area contributed by atoms with Crippen molar-refractivity contribution in [1.29, 1.82) is 0 Å². The summed E-state index contributed by atoms with van der Waals surface area (Å²) in [5, 5.41) is 0. The molecule has 0 aromatic heterocycles. The van der Waals surface area contributed by atoms with Crippen molar-refractivity contribution < 1.29 is 18.8 Å². The number of hydrogen-bond donors (Lipinski definition) is 1. The number of hydrogen-bond acceptors (Lipinski definition) is 3. The van der Waals surface area contributed by atoms with Crippen LogP contribution >= 0.6 is 8.25 Å². The van der Waals surface area contributed by atoms with Gasteiger partial charge in [-0.05, 0) is 6.42 Å². The van der Waals surface area contributed by atoms with Crippen molar-refractivity contribution in [1.82, 2.24) is 0 Å². The molecule has 0 aliphatic heterocycles. The minimum Gasteiger partial charge on any atom is -0.326 e. The van der Waals surface area contributed by atoms with Gasteiger partial charge in [-0.25, -0.2) is 0 Å². The Balaban J connectivity index is 3.46. The summed E-state index contributed by atoms with van der Waals surface area (Å²) in [6, 6.07) is 0. The standard InChI is InChI=1S/C9H15O4P/c1-2-3-4-5-6-7-9(10)8-13-14(11)12/h14H,2-3,6-8H2,1H3,(H,11,12). The molecule has 0 rings (SSSR count). The second-order valence-electron chi connectivity index (χ2n) is 2.70. The quantitative estimate of drug-likeness (QED) is 0.542.